The second-order valence-electron chi connectivity index (χ2n) is 2.59. The average Bonchev–Trinajstić information content (AvgIpc) is 1.95. The molecule has 1 aromatic rings. The van der Waals surface area contributed by atoms with Crippen LogP contribution in [0.15, 0.2) is 4.79 Å². The fourth-order valence-electron chi connectivity index (χ4n) is 0.906. The Bertz CT molecular complexity index is 447. The van der Waals surface area contributed by atoms with Crippen LogP contribution in [0.3, 0.4) is 0 Å². The fourth-order valence-corrected chi connectivity index (χ4v) is 1.11. The maximum Gasteiger partial charge on any atom is 0.393 e. The van der Waals surface area contributed by atoms with Crippen LogP contribution in [0.5, 0.6) is 0 Å². The number of rotatable bonds is 1. The van der Waals surface area contributed by atoms with Crippen LogP contribution in [0.1, 0.15) is 5.56 Å². The van der Waals surface area contributed by atoms with Crippen molar-refractivity contribution in [2.24, 2.45) is 0 Å². The second kappa shape index (κ2) is 3.45. The molecule has 0 aliphatic carbocycles. The van der Waals surface area contributed by atoms with E-state index in [1.54, 1.807) is 0 Å². The normalized spacial score (nSPS) is 11.6. The molecule has 0 saturated heterocycles. The van der Waals surface area contributed by atoms with E-state index in [9.17, 15) is 18.0 Å². The molecule has 0 aromatic carbocycles. The van der Waals surface area contributed by atoms with Gasteiger partial charge in [-0.15, -0.1) is 0 Å². The van der Waals surface area contributed by atoms with Crippen LogP contribution in [0.25, 0.3) is 0 Å². The molecule has 4 nitrogen and oxygen atoms in total. The van der Waals surface area contributed by atoms with Crippen molar-refractivity contribution in [1.29, 1.82) is 0 Å². The molecular weight excluding hydrogens is 219 g/mol. The van der Waals surface area contributed by atoms with Gasteiger partial charge in [-0.05, 0) is 12.2 Å². The Morgan fingerprint density at radius 3 is 2.36 bits per heavy atom. The van der Waals surface area contributed by atoms with Crippen LogP contribution in [-0.2, 0) is 6.42 Å². The van der Waals surface area contributed by atoms with E-state index in [1.807, 2.05) is 4.98 Å². The number of aromatic amines is 2. The van der Waals surface area contributed by atoms with E-state index in [0.717, 1.165) is 0 Å². The van der Waals surface area contributed by atoms with E-state index < -0.39 is 23.7 Å². The van der Waals surface area contributed by atoms with Gasteiger partial charge < -0.3 is 10.7 Å². The molecule has 0 aliphatic rings. The average molecular weight is 225 g/mol. The maximum atomic E-state index is 12.0. The summed E-state index contributed by atoms with van der Waals surface area (Å²) in [6.45, 7) is 0. The van der Waals surface area contributed by atoms with Crippen molar-refractivity contribution in [2.75, 3.05) is 5.73 Å². The molecule has 78 valence electrons. The Hall–Kier alpha value is -1.31. The van der Waals surface area contributed by atoms with Crippen molar-refractivity contribution in [2.45, 2.75) is 12.6 Å². The van der Waals surface area contributed by atoms with Crippen molar-refractivity contribution in [3.8, 4) is 0 Å². The first-order valence-corrected chi connectivity index (χ1v) is 3.88. The van der Waals surface area contributed by atoms with Gasteiger partial charge in [0, 0.05) is 0 Å². The Morgan fingerprint density at radius 1 is 1.36 bits per heavy atom. The summed E-state index contributed by atoms with van der Waals surface area (Å²) < 4.78 is 35.8. The molecule has 0 unspecified atom stereocenters. The molecule has 0 amide bonds. The molecule has 0 aliphatic heterocycles. The van der Waals surface area contributed by atoms with E-state index in [2.05, 4.69) is 17.2 Å². The molecule has 1 aromatic heterocycles. The van der Waals surface area contributed by atoms with E-state index in [0.29, 0.717) is 0 Å². The number of hydrogen-bond donors (Lipinski definition) is 3. The molecule has 0 radical (unpaired) electrons. The Kier molecular flexibility index (Phi) is 2.65. The number of alkyl halides is 3. The van der Waals surface area contributed by atoms with Gasteiger partial charge in [-0.25, -0.2) is 0 Å². The molecule has 8 heteroatoms. The summed E-state index contributed by atoms with van der Waals surface area (Å²) in [6.07, 6.45) is -5.85. The first-order chi connectivity index (χ1) is 6.29. The minimum absolute atomic E-state index is 0.0987. The van der Waals surface area contributed by atoms with Crippen molar-refractivity contribution in [3.63, 3.8) is 0 Å². The molecule has 0 bridgehead atoms. The lowest BCUT2D eigenvalue weighted by atomic mass is 10.2. The second-order valence-corrected chi connectivity index (χ2v) is 3.00. The lowest BCUT2D eigenvalue weighted by Crippen LogP contribution is -2.23. The van der Waals surface area contributed by atoms with Gasteiger partial charge in [-0.1, -0.05) is 0 Å². The maximum absolute atomic E-state index is 12.0. The zero-order valence-corrected chi connectivity index (χ0v) is 7.55. The van der Waals surface area contributed by atoms with Crippen LogP contribution in [0, 0.1) is 4.77 Å². The highest BCUT2D eigenvalue weighted by Gasteiger charge is 2.30. The number of nitrogens with two attached hydrogens (primary N) is 1. The molecule has 0 spiro atoms. The third-order valence-corrected chi connectivity index (χ3v) is 1.66. The minimum Gasteiger partial charge on any atom is -0.385 e. The standard InChI is InChI=1S/C6H6F3N3OS/c7-6(8,9)1-2-3(10)11-5(14)12-4(2)13/h1H2,(H4,10,11,12,13,14). The minimum atomic E-state index is -4.47. The molecule has 0 atom stereocenters. The first-order valence-electron chi connectivity index (χ1n) is 3.47. The van der Waals surface area contributed by atoms with Crippen LogP contribution in [-0.4, -0.2) is 16.1 Å². The third kappa shape index (κ3) is 2.59. The molecule has 14 heavy (non-hydrogen) atoms. The number of hydrogen-bond acceptors (Lipinski definition) is 3. The van der Waals surface area contributed by atoms with Crippen molar-refractivity contribution >= 4 is 18.0 Å². The molecule has 0 fully saturated rings. The van der Waals surface area contributed by atoms with E-state index in [-0.39, 0.29) is 10.6 Å². The predicted molar refractivity (Wildman–Crippen MR) is 46.4 cm³/mol. The number of aromatic nitrogens is 2. The van der Waals surface area contributed by atoms with Gasteiger partial charge in [-0.2, -0.15) is 13.2 Å². The number of nitrogens with one attached hydrogen (secondary N) is 2. The highest BCUT2D eigenvalue weighted by molar-refractivity contribution is 7.71. The molecule has 1 heterocycles. The molecule has 1 rings (SSSR count). The van der Waals surface area contributed by atoms with E-state index in [1.165, 1.54) is 0 Å². The smallest absolute Gasteiger partial charge is 0.385 e. The van der Waals surface area contributed by atoms with Gasteiger partial charge in [0.25, 0.3) is 5.56 Å². The summed E-state index contributed by atoms with van der Waals surface area (Å²) in [4.78, 5) is 15.3. The first kappa shape index (κ1) is 10.8. The molecular formula is C6H6F3N3OS. The number of halogens is 3. The number of nitrogen functional groups attached to an aromatic ring is 1. The van der Waals surface area contributed by atoms with Gasteiger partial charge >= 0.3 is 6.18 Å². The highest BCUT2D eigenvalue weighted by atomic mass is 32.1. The number of H-pyrrole nitrogens is 2. The SMILES string of the molecule is Nc1[nH]c(=S)[nH]c(=O)c1CC(F)(F)F. The quantitative estimate of drug-likeness (QED) is 0.627. The summed E-state index contributed by atoms with van der Waals surface area (Å²) in [6, 6.07) is 0. The van der Waals surface area contributed by atoms with Crippen LogP contribution in [0.2, 0.25) is 0 Å². The number of anilines is 1. The topological polar surface area (TPSA) is 74.7 Å². The lowest BCUT2D eigenvalue weighted by molar-refractivity contribution is -0.127. The Balaban J connectivity index is 3.23. The largest absolute Gasteiger partial charge is 0.393 e. The van der Waals surface area contributed by atoms with E-state index >= 15 is 0 Å². The summed E-state index contributed by atoms with van der Waals surface area (Å²) in [5, 5.41) is 0. The van der Waals surface area contributed by atoms with Gasteiger partial charge in [0.1, 0.15) is 5.82 Å². The van der Waals surface area contributed by atoms with Crippen molar-refractivity contribution in [1.82, 2.24) is 9.97 Å². The molecule has 0 saturated carbocycles. The monoisotopic (exact) mass is 225 g/mol. The summed E-state index contributed by atoms with van der Waals surface area (Å²) in [5.41, 5.74) is 3.72. The van der Waals surface area contributed by atoms with Crippen molar-refractivity contribution in [3.05, 3.63) is 20.7 Å². The zero-order valence-electron chi connectivity index (χ0n) is 6.73. The predicted octanol–water partition coefficient (Wildman–Crippen LogP) is 1.12. The summed E-state index contributed by atoms with van der Waals surface area (Å²) >= 11 is 4.52. The van der Waals surface area contributed by atoms with Crippen LogP contribution >= 0.6 is 12.2 Å². The lowest BCUT2D eigenvalue weighted by Gasteiger charge is -2.07. The fraction of sp³-hybridized carbons (Fsp3) is 0.333. The third-order valence-electron chi connectivity index (χ3n) is 1.45. The van der Waals surface area contributed by atoms with Gasteiger partial charge in [0.2, 0.25) is 0 Å². The van der Waals surface area contributed by atoms with E-state index in [4.69, 9.17) is 5.73 Å². The van der Waals surface area contributed by atoms with Gasteiger partial charge in [-0.3, -0.25) is 9.78 Å². The summed E-state index contributed by atoms with van der Waals surface area (Å²) in [5.74, 6) is -0.351. The highest BCUT2D eigenvalue weighted by Crippen LogP contribution is 2.21. The van der Waals surface area contributed by atoms with Crippen LogP contribution < -0.4 is 11.3 Å². The van der Waals surface area contributed by atoms with Gasteiger partial charge in [0.15, 0.2) is 4.77 Å². The van der Waals surface area contributed by atoms with Crippen molar-refractivity contribution < 1.29 is 13.2 Å². The summed E-state index contributed by atoms with van der Waals surface area (Å²) in [7, 11) is 0. The van der Waals surface area contributed by atoms with Gasteiger partial charge in [0.05, 0.1) is 12.0 Å². The Morgan fingerprint density at radius 2 is 1.93 bits per heavy atom. The molecule has 4 N–H and O–H groups in total. The Labute approximate surface area is 81.0 Å². The zero-order chi connectivity index (χ0) is 10.9. The van der Waals surface area contributed by atoms with Crippen LogP contribution in [0.4, 0.5) is 19.0 Å².